The maximum Gasteiger partial charge on any atom is 0.224 e. The van der Waals surface area contributed by atoms with E-state index < -0.39 is 5.97 Å². The highest BCUT2D eigenvalue weighted by Crippen LogP contribution is 2.16. The molecule has 0 fully saturated rings. The van der Waals surface area contributed by atoms with Gasteiger partial charge < -0.3 is 20.0 Å². The van der Waals surface area contributed by atoms with Crippen LogP contribution in [-0.2, 0) is 9.59 Å². The number of amides is 1. The molecule has 5 heteroatoms. The number of nitrogens with one attached hydrogen (secondary N) is 1. The minimum atomic E-state index is -1.13. The molecule has 1 amide bonds. The topological polar surface area (TPSA) is 78.5 Å². The summed E-state index contributed by atoms with van der Waals surface area (Å²) in [6.07, 6.45) is 3.70. The van der Waals surface area contributed by atoms with Crippen molar-refractivity contribution >= 4 is 17.6 Å². The third-order valence-corrected chi connectivity index (χ3v) is 2.94. The van der Waals surface area contributed by atoms with Crippen LogP contribution in [0.3, 0.4) is 0 Å². The van der Waals surface area contributed by atoms with Crippen molar-refractivity contribution in [3.05, 3.63) is 24.3 Å². The molecular weight excluding hydrogens is 270 g/mol. The van der Waals surface area contributed by atoms with E-state index in [0.717, 1.165) is 25.0 Å². The fraction of sp³-hybridized carbons (Fsp3) is 0.500. The van der Waals surface area contributed by atoms with Crippen molar-refractivity contribution in [3.8, 4) is 5.75 Å². The van der Waals surface area contributed by atoms with Crippen LogP contribution in [0.15, 0.2) is 24.3 Å². The largest absolute Gasteiger partial charge is 0.550 e. The van der Waals surface area contributed by atoms with Crippen molar-refractivity contribution in [3.63, 3.8) is 0 Å². The smallest absolute Gasteiger partial charge is 0.224 e. The summed E-state index contributed by atoms with van der Waals surface area (Å²) in [5, 5.41) is 13.0. The second-order valence-electron chi connectivity index (χ2n) is 4.85. The van der Waals surface area contributed by atoms with Gasteiger partial charge in [-0.15, -0.1) is 0 Å². The molecule has 0 radical (unpaired) electrons. The highest BCUT2D eigenvalue weighted by atomic mass is 16.5. The first-order valence-corrected chi connectivity index (χ1v) is 7.34. The summed E-state index contributed by atoms with van der Waals surface area (Å²) in [5.74, 6) is -0.554. The van der Waals surface area contributed by atoms with Crippen LogP contribution in [0.25, 0.3) is 0 Å². The SMILES string of the molecule is CCCCCOc1ccc(NC(=O)CCCC(=O)[O-])cc1. The summed E-state index contributed by atoms with van der Waals surface area (Å²) in [6.45, 7) is 2.84. The number of carbonyl (C=O) groups is 2. The predicted octanol–water partition coefficient (Wildman–Crippen LogP) is 2.11. The molecule has 0 saturated heterocycles. The minimum absolute atomic E-state index is 0.0992. The molecule has 0 unspecified atom stereocenters. The molecular formula is C16H22NO4-. The number of rotatable bonds is 10. The molecule has 1 aromatic carbocycles. The van der Waals surface area contributed by atoms with Crippen molar-refractivity contribution in [2.24, 2.45) is 0 Å². The van der Waals surface area contributed by atoms with E-state index in [0.29, 0.717) is 12.3 Å². The third-order valence-electron chi connectivity index (χ3n) is 2.94. The Balaban J connectivity index is 2.29. The van der Waals surface area contributed by atoms with E-state index in [9.17, 15) is 14.7 Å². The molecule has 1 rings (SSSR count). The quantitative estimate of drug-likeness (QED) is 0.670. The number of hydrogen-bond donors (Lipinski definition) is 1. The van der Waals surface area contributed by atoms with Gasteiger partial charge in [-0.05, 0) is 43.5 Å². The van der Waals surface area contributed by atoms with Crippen molar-refractivity contribution in [1.29, 1.82) is 0 Å². The number of aliphatic carboxylic acids is 1. The van der Waals surface area contributed by atoms with Gasteiger partial charge in [-0.3, -0.25) is 4.79 Å². The highest BCUT2D eigenvalue weighted by molar-refractivity contribution is 5.90. The lowest BCUT2D eigenvalue weighted by atomic mass is 10.2. The summed E-state index contributed by atoms with van der Waals surface area (Å²) in [6, 6.07) is 7.16. The third kappa shape index (κ3) is 7.97. The van der Waals surface area contributed by atoms with Crippen LogP contribution in [0.4, 0.5) is 5.69 Å². The Morgan fingerprint density at radius 3 is 2.43 bits per heavy atom. The Kier molecular flexibility index (Phi) is 7.94. The van der Waals surface area contributed by atoms with Crippen LogP contribution in [0.5, 0.6) is 5.75 Å². The zero-order valence-corrected chi connectivity index (χ0v) is 12.4. The summed E-state index contributed by atoms with van der Waals surface area (Å²) < 4.78 is 5.57. The lowest BCUT2D eigenvalue weighted by Gasteiger charge is -2.08. The fourth-order valence-corrected chi connectivity index (χ4v) is 1.79. The molecule has 0 aliphatic heterocycles. The number of carboxylic acids is 1. The lowest BCUT2D eigenvalue weighted by Crippen LogP contribution is -2.22. The average Bonchev–Trinajstić information content (AvgIpc) is 2.45. The van der Waals surface area contributed by atoms with E-state index in [1.54, 1.807) is 12.1 Å². The Labute approximate surface area is 125 Å². The van der Waals surface area contributed by atoms with E-state index in [1.807, 2.05) is 12.1 Å². The monoisotopic (exact) mass is 292 g/mol. The van der Waals surface area contributed by atoms with Gasteiger partial charge in [0, 0.05) is 18.1 Å². The first-order chi connectivity index (χ1) is 10.1. The summed E-state index contributed by atoms with van der Waals surface area (Å²) in [4.78, 5) is 21.8. The minimum Gasteiger partial charge on any atom is -0.550 e. The first-order valence-electron chi connectivity index (χ1n) is 7.34. The van der Waals surface area contributed by atoms with Crippen molar-refractivity contribution < 1.29 is 19.4 Å². The number of hydrogen-bond acceptors (Lipinski definition) is 4. The fourth-order valence-electron chi connectivity index (χ4n) is 1.79. The molecule has 0 heterocycles. The first kappa shape index (κ1) is 17.0. The zero-order valence-electron chi connectivity index (χ0n) is 12.4. The Bertz CT molecular complexity index is 442. The normalized spacial score (nSPS) is 10.1. The van der Waals surface area contributed by atoms with Gasteiger partial charge in [-0.2, -0.15) is 0 Å². The summed E-state index contributed by atoms with van der Waals surface area (Å²) >= 11 is 0. The van der Waals surface area contributed by atoms with Crippen LogP contribution in [-0.4, -0.2) is 18.5 Å². The van der Waals surface area contributed by atoms with Crippen LogP contribution >= 0.6 is 0 Å². The van der Waals surface area contributed by atoms with Crippen LogP contribution in [0.2, 0.25) is 0 Å². The maximum absolute atomic E-state index is 11.6. The average molecular weight is 292 g/mol. The molecule has 0 aliphatic carbocycles. The van der Waals surface area contributed by atoms with Gasteiger partial charge in [0.05, 0.1) is 6.61 Å². The van der Waals surface area contributed by atoms with Gasteiger partial charge in [0.1, 0.15) is 5.75 Å². The van der Waals surface area contributed by atoms with E-state index in [2.05, 4.69) is 12.2 Å². The second-order valence-corrected chi connectivity index (χ2v) is 4.85. The van der Waals surface area contributed by atoms with Gasteiger partial charge >= 0.3 is 0 Å². The van der Waals surface area contributed by atoms with Gasteiger partial charge in [0.15, 0.2) is 0 Å². The molecule has 1 aromatic rings. The van der Waals surface area contributed by atoms with Crippen molar-refractivity contribution in [1.82, 2.24) is 0 Å². The number of unbranched alkanes of at least 4 members (excludes halogenated alkanes) is 2. The van der Waals surface area contributed by atoms with Crippen molar-refractivity contribution in [2.75, 3.05) is 11.9 Å². The Hall–Kier alpha value is -2.04. The van der Waals surface area contributed by atoms with Crippen LogP contribution < -0.4 is 15.2 Å². The molecule has 0 aromatic heterocycles. The van der Waals surface area contributed by atoms with E-state index in [4.69, 9.17) is 4.74 Å². The number of benzene rings is 1. The standard InChI is InChI=1S/C16H23NO4/c1-2-3-4-12-21-14-10-8-13(9-11-14)17-15(18)6-5-7-16(19)20/h8-11H,2-7,12H2,1H3,(H,17,18)(H,19,20)/p-1. The van der Waals surface area contributed by atoms with E-state index >= 15 is 0 Å². The number of ether oxygens (including phenoxy) is 1. The molecule has 0 spiro atoms. The summed E-state index contributed by atoms with van der Waals surface area (Å²) in [5.41, 5.74) is 0.675. The maximum atomic E-state index is 11.6. The number of carbonyl (C=O) groups excluding carboxylic acids is 2. The number of anilines is 1. The Morgan fingerprint density at radius 1 is 1.10 bits per heavy atom. The van der Waals surface area contributed by atoms with E-state index in [1.165, 1.54) is 0 Å². The Morgan fingerprint density at radius 2 is 1.81 bits per heavy atom. The van der Waals surface area contributed by atoms with Gasteiger partial charge in [-0.25, -0.2) is 0 Å². The molecule has 0 bridgehead atoms. The highest BCUT2D eigenvalue weighted by Gasteiger charge is 2.03. The van der Waals surface area contributed by atoms with Gasteiger partial charge in [0.2, 0.25) is 5.91 Å². The molecule has 1 N–H and O–H groups in total. The molecule has 0 atom stereocenters. The number of carboxylic acid groups (broad SMARTS) is 1. The van der Waals surface area contributed by atoms with Crippen LogP contribution in [0, 0.1) is 0 Å². The van der Waals surface area contributed by atoms with Crippen LogP contribution in [0.1, 0.15) is 45.4 Å². The van der Waals surface area contributed by atoms with Gasteiger partial charge in [0.25, 0.3) is 0 Å². The predicted molar refractivity (Wildman–Crippen MR) is 78.9 cm³/mol. The van der Waals surface area contributed by atoms with Crippen molar-refractivity contribution in [2.45, 2.75) is 45.4 Å². The molecule has 116 valence electrons. The molecule has 0 aliphatic rings. The zero-order chi connectivity index (χ0) is 15.5. The second kappa shape index (κ2) is 9.80. The van der Waals surface area contributed by atoms with Gasteiger partial charge in [-0.1, -0.05) is 19.8 Å². The van der Waals surface area contributed by atoms with E-state index in [-0.39, 0.29) is 25.2 Å². The molecule has 21 heavy (non-hydrogen) atoms. The molecule has 0 saturated carbocycles. The lowest BCUT2D eigenvalue weighted by molar-refractivity contribution is -0.305. The molecule has 5 nitrogen and oxygen atoms in total. The summed E-state index contributed by atoms with van der Waals surface area (Å²) in [7, 11) is 0.